The second-order valence-electron chi connectivity index (χ2n) is 7.33. The normalized spacial score (nSPS) is 11.1. The molecular formula is C23H21F3N3O3. The van der Waals surface area contributed by atoms with E-state index >= 15 is 0 Å². The fraction of sp³-hybridized carbons (Fsp3) is 0.261. The van der Waals surface area contributed by atoms with Crippen LogP contribution in [0.4, 0.5) is 18.9 Å². The van der Waals surface area contributed by atoms with Gasteiger partial charge >= 0.3 is 0 Å². The minimum absolute atomic E-state index is 0.130. The summed E-state index contributed by atoms with van der Waals surface area (Å²) < 4.78 is 45.8. The zero-order chi connectivity index (χ0) is 23.3. The number of rotatable bonds is 9. The summed E-state index contributed by atoms with van der Waals surface area (Å²) in [6.45, 7) is -0.632. The van der Waals surface area contributed by atoms with Gasteiger partial charge in [0.15, 0.2) is 0 Å². The summed E-state index contributed by atoms with van der Waals surface area (Å²) in [6, 6.07) is 11.1. The van der Waals surface area contributed by atoms with Crippen LogP contribution in [-0.2, 0) is 13.0 Å². The van der Waals surface area contributed by atoms with Gasteiger partial charge in [0.25, 0.3) is 5.69 Å². The van der Waals surface area contributed by atoms with Crippen molar-refractivity contribution in [3.8, 4) is 17.0 Å². The largest absolute Gasteiger partial charge is 0.475 e. The van der Waals surface area contributed by atoms with Gasteiger partial charge < -0.3 is 9.64 Å². The molecule has 0 bridgehead atoms. The molecule has 0 saturated heterocycles. The van der Waals surface area contributed by atoms with Gasteiger partial charge in [-0.15, -0.1) is 0 Å². The van der Waals surface area contributed by atoms with Crippen molar-refractivity contribution in [1.82, 2.24) is 9.88 Å². The lowest BCUT2D eigenvalue weighted by molar-refractivity contribution is -0.385. The molecule has 0 N–H and O–H groups in total. The molecule has 3 rings (SSSR count). The molecule has 167 valence electrons. The Morgan fingerprint density at radius 1 is 1.19 bits per heavy atom. The van der Waals surface area contributed by atoms with Gasteiger partial charge in [-0.3, -0.25) is 10.1 Å². The summed E-state index contributed by atoms with van der Waals surface area (Å²) >= 11 is 0. The SMILES string of the molecule is CN(C)Cc1[c]c(Cc2c(F)cccc2F)cc(-c2ccc(OCCF)nc2)c1[N+](=O)[O-]. The Kier molecular flexibility index (Phi) is 7.42. The first-order valence-corrected chi connectivity index (χ1v) is 9.75. The van der Waals surface area contributed by atoms with Crippen LogP contribution in [0.1, 0.15) is 16.7 Å². The number of pyridine rings is 1. The van der Waals surface area contributed by atoms with E-state index < -0.39 is 23.2 Å². The lowest BCUT2D eigenvalue weighted by Gasteiger charge is -2.15. The lowest BCUT2D eigenvalue weighted by atomic mass is 9.94. The molecule has 0 saturated carbocycles. The second kappa shape index (κ2) is 10.2. The van der Waals surface area contributed by atoms with Gasteiger partial charge in [0.05, 0.1) is 16.1 Å². The number of benzene rings is 2. The Morgan fingerprint density at radius 2 is 1.91 bits per heavy atom. The van der Waals surface area contributed by atoms with Crippen molar-refractivity contribution in [3.63, 3.8) is 0 Å². The van der Waals surface area contributed by atoms with Crippen LogP contribution in [0, 0.1) is 27.8 Å². The minimum Gasteiger partial charge on any atom is -0.475 e. The number of nitrogens with zero attached hydrogens (tertiary/aromatic N) is 3. The van der Waals surface area contributed by atoms with Crippen LogP contribution in [0.5, 0.6) is 5.88 Å². The third-order valence-corrected chi connectivity index (χ3v) is 4.63. The third-order valence-electron chi connectivity index (χ3n) is 4.63. The topological polar surface area (TPSA) is 68.5 Å². The van der Waals surface area contributed by atoms with Gasteiger partial charge in [0.2, 0.25) is 5.88 Å². The highest BCUT2D eigenvalue weighted by Crippen LogP contribution is 2.36. The second-order valence-corrected chi connectivity index (χ2v) is 7.33. The monoisotopic (exact) mass is 444 g/mol. The molecule has 9 heteroatoms. The Hall–Kier alpha value is -3.46. The summed E-state index contributed by atoms with van der Waals surface area (Å²) in [5, 5.41) is 11.9. The molecule has 0 aliphatic rings. The van der Waals surface area contributed by atoms with Crippen molar-refractivity contribution >= 4 is 5.69 Å². The Morgan fingerprint density at radius 3 is 2.47 bits per heavy atom. The van der Waals surface area contributed by atoms with Gasteiger partial charge in [-0.1, -0.05) is 6.07 Å². The molecule has 0 fully saturated rings. The average Bonchev–Trinajstić information content (AvgIpc) is 2.74. The minimum atomic E-state index is -0.705. The molecule has 1 radical (unpaired) electrons. The zero-order valence-electron chi connectivity index (χ0n) is 17.6. The van der Waals surface area contributed by atoms with E-state index in [0.717, 1.165) is 12.1 Å². The fourth-order valence-corrected chi connectivity index (χ4v) is 3.31. The standard InChI is InChI=1S/C23H21F3N3O3/c1-28(2)14-17-10-15(12-19-20(25)4-3-5-21(19)26)11-18(23(17)29(30)31)16-6-7-22(27-13-16)32-9-8-24/h3-7,11,13H,8-9,12,14H2,1-2H3. The molecule has 0 aliphatic carbocycles. The Bertz CT molecular complexity index is 1090. The number of hydrogen-bond acceptors (Lipinski definition) is 5. The smallest absolute Gasteiger partial charge is 0.282 e. The van der Waals surface area contributed by atoms with E-state index in [1.165, 1.54) is 24.4 Å². The summed E-state index contributed by atoms with van der Waals surface area (Å²) in [5.74, 6) is -1.23. The van der Waals surface area contributed by atoms with Gasteiger partial charge in [-0.05, 0) is 50.0 Å². The quantitative estimate of drug-likeness (QED) is 0.352. The average molecular weight is 444 g/mol. The van der Waals surface area contributed by atoms with Crippen LogP contribution in [0.2, 0.25) is 0 Å². The van der Waals surface area contributed by atoms with E-state index in [1.54, 1.807) is 25.1 Å². The first-order chi connectivity index (χ1) is 15.3. The molecule has 0 unspecified atom stereocenters. The number of nitro benzene ring substituents is 1. The highest BCUT2D eigenvalue weighted by molar-refractivity contribution is 5.76. The first kappa shape index (κ1) is 23.2. The summed E-state index contributed by atoms with van der Waals surface area (Å²) in [5.41, 5.74) is 1.00. The Balaban J connectivity index is 2.13. The van der Waals surface area contributed by atoms with Gasteiger partial charge in [0, 0.05) is 36.4 Å². The fourth-order valence-electron chi connectivity index (χ4n) is 3.31. The first-order valence-electron chi connectivity index (χ1n) is 9.75. The van der Waals surface area contributed by atoms with E-state index in [9.17, 15) is 23.3 Å². The maximum absolute atomic E-state index is 14.2. The van der Waals surface area contributed by atoms with Crippen LogP contribution < -0.4 is 4.74 Å². The predicted molar refractivity (Wildman–Crippen MR) is 113 cm³/mol. The van der Waals surface area contributed by atoms with Crippen molar-refractivity contribution in [2.45, 2.75) is 13.0 Å². The van der Waals surface area contributed by atoms with E-state index in [-0.39, 0.29) is 47.8 Å². The number of alkyl halides is 1. The van der Waals surface area contributed by atoms with E-state index in [4.69, 9.17) is 4.74 Å². The Labute approximate surface area is 183 Å². The summed E-state index contributed by atoms with van der Waals surface area (Å²) in [6.07, 6.45) is 1.25. The molecule has 0 spiro atoms. The lowest BCUT2D eigenvalue weighted by Crippen LogP contribution is -2.13. The highest BCUT2D eigenvalue weighted by atomic mass is 19.1. The van der Waals surface area contributed by atoms with Crippen LogP contribution in [0.25, 0.3) is 11.1 Å². The summed E-state index contributed by atoms with van der Waals surface area (Å²) in [4.78, 5) is 17.2. The van der Waals surface area contributed by atoms with Gasteiger partial charge in [-0.25, -0.2) is 18.2 Å². The van der Waals surface area contributed by atoms with E-state index in [2.05, 4.69) is 11.1 Å². The molecular weight excluding hydrogens is 423 g/mol. The number of ether oxygens (including phenoxy) is 1. The van der Waals surface area contributed by atoms with Crippen molar-refractivity contribution in [2.75, 3.05) is 27.4 Å². The van der Waals surface area contributed by atoms with Crippen LogP contribution in [0.3, 0.4) is 0 Å². The molecule has 0 amide bonds. The molecule has 3 aromatic rings. The van der Waals surface area contributed by atoms with Crippen molar-refractivity contribution in [3.05, 3.63) is 87.1 Å². The summed E-state index contributed by atoms with van der Waals surface area (Å²) in [7, 11) is 3.50. The predicted octanol–water partition coefficient (Wildman–Crippen LogP) is 4.74. The van der Waals surface area contributed by atoms with Gasteiger partial charge in [-0.2, -0.15) is 0 Å². The molecule has 32 heavy (non-hydrogen) atoms. The van der Waals surface area contributed by atoms with E-state index in [0.29, 0.717) is 11.1 Å². The molecule has 2 aromatic carbocycles. The van der Waals surface area contributed by atoms with Crippen molar-refractivity contribution in [1.29, 1.82) is 0 Å². The maximum atomic E-state index is 14.2. The van der Waals surface area contributed by atoms with E-state index in [1.807, 2.05) is 0 Å². The maximum Gasteiger partial charge on any atom is 0.282 e. The van der Waals surface area contributed by atoms with Crippen LogP contribution in [-0.4, -0.2) is 42.2 Å². The zero-order valence-corrected chi connectivity index (χ0v) is 17.6. The molecule has 0 aliphatic heterocycles. The van der Waals surface area contributed by atoms with Crippen molar-refractivity contribution < 1.29 is 22.8 Å². The number of nitro groups is 1. The molecule has 6 nitrogen and oxygen atoms in total. The van der Waals surface area contributed by atoms with Crippen LogP contribution in [0.15, 0.2) is 42.6 Å². The highest BCUT2D eigenvalue weighted by Gasteiger charge is 2.24. The number of hydrogen-bond donors (Lipinski definition) is 0. The number of aromatic nitrogens is 1. The van der Waals surface area contributed by atoms with Gasteiger partial charge in [0.1, 0.15) is 24.9 Å². The third kappa shape index (κ3) is 5.42. The molecule has 1 heterocycles. The molecule has 1 aromatic heterocycles. The number of halogens is 3. The molecule has 0 atom stereocenters. The van der Waals surface area contributed by atoms with Crippen LogP contribution >= 0.6 is 0 Å². The van der Waals surface area contributed by atoms with Crippen molar-refractivity contribution in [2.24, 2.45) is 0 Å².